The Hall–Kier alpha value is -1.36. The SMILES string of the molecule is O=C1CCC(C(=O)N2CCc3sccc3C2)CN1. The first-order valence-corrected chi connectivity index (χ1v) is 7.23. The molecule has 5 heteroatoms. The van der Waals surface area contributed by atoms with E-state index in [1.165, 1.54) is 10.4 Å². The molecule has 3 rings (SSSR count). The summed E-state index contributed by atoms with van der Waals surface area (Å²) < 4.78 is 0. The molecule has 1 atom stereocenters. The normalized spacial score (nSPS) is 23.4. The van der Waals surface area contributed by atoms with Crippen molar-refractivity contribution in [3.8, 4) is 0 Å². The third kappa shape index (κ3) is 2.14. The summed E-state index contributed by atoms with van der Waals surface area (Å²) in [4.78, 5) is 26.8. The van der Waals surface area contributed by atoms with Crippen LogP contribution in [0.5, 0.6) is 0 Å². The summed E-state index contributed by atoms with van der Waals surface area (Å²) in [6.07, 6.45) is 2.14. The van der Waals surface area contributed by atoms with Gasteiger partial charge >= 0.3 is 0 Å². The third-order valence-corrected chi connectivity index (χ3v) is 4.76. The Kier molecular flexibility index (Phi) is 3.07. The van der Waals surface area contributed by atoms with Gasteiger partial charge in [-0.2, -0.15) is 0 Å². The molecule has 1 aromatic heterocycles. The average molecular weight is 264 g/mol. The number of hydrogen-bond acceptors (Lipinski definition) is 3. The number of amides is 2. The van der Waals surface area contributed by atoms with E-state index >= 15 is 0 Å². The Morgan fingerprint density at radius 1 is 1.44 bits per heavy atom. The zero-order valence-corrected chi connectivity index (χ0v) is 11.0. The average Bonchev–Trinajstić information content (AvgIpc) is 2.86. The number of carbonyl (C=O) groups is 2. The minimum atomic E-state index is -0.0251. The monoisotopic (exact) mass is 264 g/mol. The van der Waals surface area contributed by atoms with Crippen molar-refractivity contribution in [3.05, 3.63) is 21.9 Å². The molecule has 0 saturated carbocycles. The molecule has 1 unspecified atom stereocenters. The Morgan fingerprint density at radius 3 is 3.11 bits per heavy atom. The number of carbonyl (C=O) groups excluding carboxylic acids is 2. The Bertz CT molecular complexity index is 473. The Labute approximate surface area is 110 Å². The lowest BCUT2D eigenvalue weighted by Gasteiger charge is -2.32. The maximum atomic E-state index is 12.4. The maximum absolute atomic E-state index is 12.4. The Balaban J connectivity index is 1.65. The lowest BCUT2D eigenvalue weighted by atomic mass is 9.96. The Morgan fingerprint density at radius 2 is 2.33 bits per heavy atom. The van der Waals surface area contributed by atoms with Gasteiger partial charge in [-0.3, -0.25) is 9.59 Å². The van der Waals surface area contributed by atoms with Gasteiger partial charge in [0.25, 0.3) is 0 Å². The fourth-order valence-electron chi connectivity index (χ4n) is 2.64. The summed E-state index contributed by atoms with van der Waals surface area (Å²) in [5.41, 5.74) is 1.29. The topological polar surface area (TPSA) is 49.4 Å². The fraction of sp³-hybridized carbons (Fsp3) is 0.538. The number of rotatable bonds is 1. The summed E-state index contributed by atoms with van der Waals surface area (Å²) >= 11 is 1.78. The van der Waals surface area contributed by atoms with E-state index in [-0.39, 0.29) is 17.7 Å². The second kappa shape index (κ2) is 4.72. The number of hydrogen-bond donors (Lipinski definition) is 1. The summed E-state index contributed by atoms with van der Waals surface area (Å²) in [6, 6.07) is 2.11. The first kappa shape index (κ1) is 11.7. The van der Waals surface area contributed by atoms with Gasteiger partial charge in [-0.05, 0) is 29.9 Å². The van der Waals surface area contributed by atoms with E-state index in [0.29, 0.717) is 19.4 Å². The van der Waals surface area contributed by atoms with E-state index in [2.05, 4.69) is 16.8 Å². The van der Waals surface area contributed by atoms with Gasteiger partial charge in [-0.15, -0.1) is 11.3 Å². The predicted octanol–water partition coefficient (Wildman–Crippen LogP) is 1.16. The summed E-state index contributed by atoms with van der Waals surface area (Å²) in [5, 5.41) is 4.88. The third-order valence-electron chi connectivity index (χ3n) is 3.73. The molecular weight excluding hydrogens is 248 g/mol. The lowest BCUT2D eigenvalue weighted by Crippen LogP contribution is -2.46. The maximum Gasteiger partial charge on any atom is 0.227 e. The van der Waals surface area contributed by atoms with Gasteiger partial charge in [0.05, 0.1) is 5.92 Å². The van der Waals surface area contributed by atoms with Gasteiger partial charge in [-0.1, -0.05) is 0 Å². The predicted molar refractivity (Wildman–Crippen MR) is 69.2 cm³/mol. The van der Waals surface area contributed by atoms with Crippen molar-refractivity contribution in [3.63, 3.8) is 0 Å². The molecule has 0 spiro atoms. The van der Waals surface area contributed by atoms with E-state index in [1.807, 2.05) is 4.90 Å². The van der Waals surface area contributed by atoms with Crippen LogP contribution in [0.1, 0.15) is 23.3 Å². The first-order valence-electron chi connectivity index (χ1n) is 6.35. The van der Waals surface area contributed by atoms with Gasteiger partial charge in [0.15, 0.2) is 0 Å². The van der Waals surface area contributed by atoms with E-state index in [4.69, 9.17) is 0 Å². The molecule has 1 N–H and O–H groups in total. The standard InChI is InChI=1S/C13H16N2O2S/c16-12-2-1-9(7-14-12)13(17)15-5-3-11-10(8-15)4-6-18-11/h4,6,9H,1-3,5,7-8H2,(H,14,16). The van der Waals surface area contributed by atoms with Crippen molar-refractivity contribution in [1.82, 2.24) is 10.2 Å². The van der Waals surface area contributed by atoms with Crippen LogP contribution in [0.3, 0.4) is 0 Å². The highest BCUT2D eigenvalue weighted by Crippen LogP contribution is 2.25. The van der Waals surface area contributed by atoms with Crippen LogP contribution in [-0.2, 0) is 22.6 Å². The van der Waals surface area contributed by atoms with Crippen LogP contribution in [0.2, 0.25) is 0 Å². The van der Waals surface area contributed by atoms with E-state index < -0.39 is 0 Å². The number of piperidine rings is 1. The number of nitrogens with zero attached hydrogens (tertiary/aromatic N) is 1. The van der Waals surface area contributed by atoms with Crippen LogP contribution in [0.15, 0.2) is 11.4 Å². The lowest BCUT2D eigenvalue weighted by molar-refractivity contribution is -0.138. The second-order valence-electron chi connectivity index (χ2n) is 4.92. The van der Waals surface area contributed by atoms with Crippen LogP contribution in [0.4, 0.5) is 0 Å². The van der Waals surface area contributed by atoms with Crippen LogP contribution in [0, 0.1) is 5.92 Å². The van der Waals surface area contributed by atoms with Crippen LogP contribution >= 0.6 is 11.3 Å². The molecule has 1 saturated heterocycles. The van der Waals surface area contributed by atoms with Crippen molar-refractivity contribution >= 4 is 23.2 Å². The smallest absolute Gasteiger partial charge is 0.227 e. The second-order valence-corrected chi connectivity index (χ2v) is 5.92. The molecule has 1 fully saturated rings. The molecule has 96 valence electrons. The van der Waals surface area contributed by atoms with Crippen LogP contribution in [-0.4, -0.2) is 29.8 Å². The first-order chi connectivity index (χ1) is 8.74. The van der Waals surface area contributed by atoms with Gasteiger partial charge in [0.1, 0.15) is 0 Å². The largest absolute Gasteiger partial charge is 0.355 e. The van der Waals surface area contributed by atoms with Crippen molar-refractivity contribution < 1.29 is 9.59 Å². The van der Waals surface area contributed by atoms with Crippen molar-refractivity contribution in [2.75, 3.05) is 13.1 Å². The molecule has 0 aromatic carbocycles. The van der Waals surface area contributed by atoms with Crippen molar-refractivity contribution in [2.24, 2.45) is 5.92 Å². The highest BCUT2D eigenvalue weighted by molar-refractivity contribution is 7.10. The summed E-state index contributed by atoms with van der Waals surface area (Å²) in [6.45, 7) is 2.06. The van der Waals surface area contributed by atoms with Crippen molar-refractivity contribution in [2.45, 2.75) is 25.8 Å². The zero-order valence-electron chi connectivity index (χ0n) is 10.1. The van der Waals surface area contributed by atoms with Gasteiger partial charge in [-0.25, -0.2) is 0 Å². The molecule has 0 bridgehead atoms. The highest BCUT2D eigenvalue weighted by atomic mass is 32.1. The zero-order chi connectivity index (χ0) is 12.5. The summed E-state index contributed by atoms with van der Waals surface area (Å²) in [5.74, 6) is 0.243. The highest BCUT2D eigenvalue weighted by Gasteiger charge is 2.30. The molecule has 0 radical (unpaired) electrons. The van der Waals surface area contributed by atoms with Crippen molar-refractivity contribution in [1.29, 1.82) is 0 Å². The molecule has 0 aliphatic carbocycles. The van der Waals surface area contributed by atoms with Crippen LogP contribution in [0.25, 0.3) is 0 Å². The molecule has 3 heterocycles. The molecule has 18 heavy (non-hydrogen) atoms. The molecular formula is C13H16N2O2S. The molecule has 2 amide bonds. The minimum Gasteiger partial charge on any atom is -0.355 e. The van der Waals surface area contributed by atoms with E-state index in [9.17, 15) is 9.59 Å². The minimum absolute atomic E-state index is 0.0251. The number of nitrogens with one attached hydrogen (secondary N) is 1. The number of thiophene rings is 1. The van der Waals surface area contributed by atoms with Gasteiger partial charge in [0, 0.05) is 30.9 Å². The quantitative estimate of drug-likeness (QED) is 0.827. The molecule has 2 aliphatic rings. The number of fused-ring (bicyclic) bond motifs is 1. The van der Waals surface area contributed by atoms with Crippen LogP contribution < -0.4 is 5.32 Å². The molecule has 2 aliphatic heterocycles. The fourth-order valence-corrected chi connectivity index (χ4v) is 3.53. The van der Waals surface area contributed by atoms with Gasteiger partial charge in [0.2, 0.25) is 11.8 Å². The molecule has 1 aromatic rings. The van der Waals surface area contributed by atoms with E-state index in [1.54, 1.807) is 11.3 Å². The summed E-state index contributed by atoms with van der Waals surface area (Å²) in [7, 11) is 0. The van der Waals surface area contributed by atoms with E-state index in [0.717, 1.165) is 19.5 Å². The molecule has 4 nitrogen and oxygen atoms in total. The van der Waals surface area contributed by atoms with Gasteiger partial charge < -0.3 is 10.2 Å².